The molecule has 6 rings (SSSR count). The Balaban J connectivity index is 0.000000154. The molecule has 0 spiro atoms. The molecule has 16 atom stereocenters. The van der Waals surface area contributed by atoms with E-state index in [1.165, 1.54) is 0 Å². The van der Waals surface area contributed by atoms with Crippen LogP contribution in [0.5, 0.6) is 0 Å². The lowest BCUT2D eigenvalue weighted by atomic mass is 9.64. The second-order valence-corrected chi connectivity index (χ2v) is 15.7. The summed E-state index contributed by atoms with van der Waals surface area (Å²) in [5.74, 6) is -0.245. The summed E-state index contributed by atoms with van der Waals surface area (Å²) in [7, 11) is 0. The van der Waals surface area contributed by atoms with Gasteiger partial charge in [-0.1, -0.05) is 48.1 Å². The van der Waals surface area contributed by atoms with Crippen LogP contribution in [0.25, 0.3) is 0 Å². The first-order valence-electron chi connectivity index (χ1n) is 16.3. The lowest BCUT2D eigenvalue weighted by molar-refractivity contribution is -0.284. The van der Waals surface area contributed by atoms with E-state index in [0.717, 1.165) is 6.42 Å². The molecule has 45 heavy (non-hydrogen) atoms. The number of fused-ring (bicyclic) bond motifs is 6. The van der Waals surface area contributed by atoms with Gasteiger partial charge in [0.15, 0.2) is 11.7 Å². The molecule has 6 aliphatic rings. The van der Waals surface area contributed by atoms with Gasteiger partial charge in [-0.2, -0.15) is 39.5 Å². The van der Waals surface area contributed by atoms with E-state index in [9.17, 15) is 54.8 Å². The van der Waals surface area contributed by atoms with Crippen LogP contribution in [0.4, 0.5) is 39.5 Å². The number of hydrogen-bond acceptors (Lipinski definition) is 3. The Labute approximate surface area is 260 Å². The molecule has 0 aromatic heterocycles. The summed E-state index contributed by atoms with van der Waals surface area (Å²) in [6.45, 7) is 15.0. The Morgan fingerprint density at radius 1 is 0.644 bits per heavy atom. The number of allylic oxidation sites excluding steroid dienone is 1. The standard InChI is InChI=1S/C12H17F3O.C11H17F3O.C10H15F3O/c1-6-7(2)10-4-9(6)5-11(10,8(3)16)12(13,14)15;1-5-6(2)8-3-7(5)4-9(8)10(15)11(12,13)14;1-5-6(2)8-3-7(5)4-9(8,14)10(11,12)13/h6-7,9-10,16H,3-5H2,1-2H3;5-10,15H,3-4H2,1-2H3;5-8,14H,3-4H2,1-2H3. The summed E-state index contributed by atoms with van der Waals surface area (Å²) in [5.41, 5.74) is -4.44. The molecule has 0 amide bonds. The van der Waals surface area contributed by atoms with Crippen molar-refractivity contribution in [1.29, 1.82) is 0 Å². The van der Waals surface area contributed by atoms with Gasteiger partial charge in [0.2, 0.25) is 0 Å². The van der Waals surface area contributed by atoms with Gasteiger partial charge in [0.05, 0.1) is 0 Å². The summed E-state index contributed by atoms with van der Waals surface area (Å²) in [6.07, 6.45) is -12.9. The molecule has 0 saturated heterocycles. The smallest absolute Gasteiger partial charge is 0.417 e. The average molecular weight is 665 g/mol. The van der Waals surface area contributed by atoms with E-state index in [1.807, 2.05) is 34.6 Å². The zero-order valence-corrected chi connectivity index (χ0v) is 26.8. The monoisotopic (exact) mass is 664 g/mol. The maximum absolute atomic E-state index is 13.2. The SMILES string of the molecule is C=C(O)C1(C(F)(F)F)CC2CC1C(C)C2C.CC1C2CC(C1C)C(C(O)C(F)(F)F)C2.CC1C2CC(C1C)C(O)(C(F)(F)F)C2. The van der Waals surface area contributed by atoms with Crippen molar-refractivity contribution in [3.05, 3.63) is 12.3 Å². The first-order valence-corrected chi connectivity index (χ1v) is 16.3. The lowest BCUT2D eigenvalue weighted by Gasteiger charge is -2.43. The molecule has 6 bridgehead atoms. The van der Waals surface area contributed by atoms with Gasteiger partial charge in [-0.25, -0.2) is 0 Å². The zero-order valence-electron chi connectivity index (χ0n) is 26.8. The van der Waals surface area contributed by atoms with E-state index in [1.54, 1.807) is 0 Å². The molecule has 3 N–H and O–H groups in total. The van der Waals surface area contributed by atoms with E-state index in [2.05, 4.69) is 13.5 Å². The summed E-state index contributed by atoms with van der Waals surface area (Å²) in [4.78, 5) is 0. The second kappa shape index (κ2) is 11.8. The molecular weight excluding hydrogens is 615 g/mol. The van der Waals surface area contributed by atoms with Crippen LogP contribution in [0.15, 0.2) is 12.3 Å². The number of alkyl halides is 9. The fourth-order valence-corrected chi connectivity index (χ4v) is 10.8. The van der Waals surface area contributed by atoms with Gasteiger partial charge in [-0.05, 0) is 115 Å². The highest BCUT2D eigenvalue weighted by atomic mass is 19.4. The van der Waals surface area contributed by atoms with E-state index in [-0.39, 0.29) is 42.4 Å². The van der Waals surface area contributed by atoms with Crippen LogP contribution >= 0.6 is 0 Å². The van der Waals surface area contributed by atoms with Crippen molar-refractivity contribution in [1.82, 2.24) is 0 Å². The van der Waals surface area contributed by atoms with E-state index >= 15 is 0 Å². The Kier molecular flexibility index (Phi) is 9.58. The summed E-state index contributed by atoms with van der Waals surface area (Å²) >= 11 is 0. The minimum Gasteiger partial charge on any atom is -0.512 e. The predicted molar refractivity (Wildman–Crippen MR) is 150 cm³/mol. The van der Waals surface area contributed by atoms with Crippen molar-refractivity contribution in [3.63, 3.8) is 0 Å². The summed E-state index contributed by atoms with van der Waals surface area (Å²) in [6, 6.07) is 0. The van der Waals surface area contributed by atoms with Crippen LogP contribution in [-0.4, -0.2) is 45.6 Å². The van der Waals surface area contributed by atoms with Crippen molar-refractivity contribution in [2.75, 3.05) is 0 Å². The van der Waals surface area contributed by atoms with Crippen molar-refractivity contribution >= 4 is 0 Å². The highest BCUT2D eigenvalue weighted by Gasteiger charge is 2.71. The molecule has 0 aromatic carbocycles. The van der Waals surface area contributed by atoms with Crippen molar-refractivity contribution in [3.8, 4) is 0 Å². The molecule has 0 aliphatic heterocycles. The Hall–Kier alpha value is -1.17. The fraction of sp³-hybridized carbons (Fsp3) is 0.939. The number of hydrogen-bond donors (Lipinski definition) is 3. The maximum atomic E-state index is 13.2. The highest BCUT2D eigenvalue weighted by molar-refractivity contribution is 5.19. The Bertz CT molecular complexity index is 1080. The van der Waals surface area contributed by atoms with Crippen LogP contribution in [-0.2, 0) is 0 Å². The third-order valence-electron chi connectivity index (χ3n) is 14.1. The van der Waals surface area contributed by atoms with Gasteiger partial charge < -0.3 is 15.3 Å². The molecular formula is C33H49F9O3. The Morgan fingerprint density at radius 3 is 1.44 bits per heavy atom. The van der Waals surface area contributed by atoms with Crippen LogP contribution in [0.3, 0.4) is 0 Å². The number of rotatable bonds is 2. The third kappa shape index (κ3) is 5.81. The van der Waals surface area contributed by atoms with Crippen molar-refractivity contribution < 1.29 is 54.8 Å². The topological polar surface area (TPSA) is 60.7 Å². The summed E-state index contributed by atoms with van der Waals surface area (Å²) < 4.78 is 115. The molecule has 6 aliphatic carbocycles. The van der Waals surface area contributed by atoms with Crippen LogP contribution in [0, 0.1) is 82.3 Å². The van der Waals surface area contributed by atoms with Crippen molar-refractivity contribution in [2.24, 2.45) is 82.3 Å². The van der Waals surface area contributed by atoms with E-state index in [4.69, 9.17) is 0 Å². The largest absolute Gasteiger partial charge is 0.512 e. The van der Waals surface area contributed by atoms with E-state index < -0.39 is 59.2 Å². The van der Waals surface area contributed by atoms with Crippen LogP contribution in [0.2, 0.25) is 0 Å². The first-order chi connectivity index (χ1) is 20.3. The molecule has 0 radical (unpaired) electrons. The molecule has 0 aromatic rings. The molecule has 6 fully saturated rings. The van der Waals surface area contributed by atoms with Crippen LogP contribution < -0.4 is 0 Å². The molecule has 3 nitrogen and oxygen atoms in total. The van der Waals surface area contributed by atoms with Crippen molar-refractivity contribution in [2.45, 2.75) is 110 Å². The minimum atomic E-state index is -4.46. The van der Waals surface area contributed by atoms with Crippen LogP contribution in [0.1, 0.15) is 80.1 Å². The molecule has 6 saturated carbocycles. The Morgan fingerprint density at radius 2 is 1.11 bits per heavy atom. The van der Waals surface area contributed by atoms with Gasteiger partial charge in [0.1, 0.15) is 11.2 Å². The maximum Gasteiger partial charge on any atom is 0.417 e. The quantitative estimate of drug-likeness (QED) is 0.204. The normalized spacial score (nSPS) is 49.0. The lowest BCUT2D eigenvalue weighted by Crippen LogP contribution is -2.52. The first kappa shape index (κ1) is 36.7. The van der Waals surface area contributed by atoms with Gasteiger partial charge in [-0.3, -0.25) is 0 Å². The van der Waals surface area contributed by atoms with E-state index in [0.29, 0.717) is 48.9 Å². The molecule has 262 valence electrons. The van der Waals surface area contributed by atoms with Gasteiger partial charge >= 0.3 is 18.5 Å². The third-order valence-corrected chi connectivity index (χ3v) is 14.1. The molecule has 16 unspecified atom stereocenters. The van der Waals surface area contributed by atoms with Gasteiger partial charge in [-0.15, -0.1) is 0 Å². The summed E-state index contributed by atoms with van der Waals surface area (Å²) in [5, 5.41) is 28.4. The average Bonchev–Trinajstić information content (AvgIpc) is 3.73. The second-order valence-electron chi connectivity index (χ2n) is 15.7. The van der Waals surface area contributed by atoms with Gasteiger partial charge in [0, 0.05) is 0 Å². The molecule has 12 heteroatoms. The highest BCUT2D eigenvalue weighted by Crippen LogP contribution is 2.68. The number of aliphatic hydroxyl groups excluding tert-OH is 2. The predicted octanol–water partition coefficient (Wildman–Crippen LogP) is 9.35. The van der Waals surface area contributed by atoms with Gasteiger partial charge in [0.25, 0.3) is 0 Å². The fourth-order valence-electron chi connectivity index (χ4n) is 10.8. The molecule has 0 heterocycles. The number of halogens is 9. The minimum absolute atomic E-state index is 0.00396. The zero-order chi connectivity index (χ0) is 34.4. The number of aliphatic hydroxyl groups is 3.